The summed E-state index contributed by atoms with van der Waals surface area (Å²) >= 11 is 6.16. The molecule has 1 heterocycles. The number of methoxy groups -OCH3 is 1. The Bertz CT molecular complexity index is 621. The van der Waals surface area contributed by atoms with Crippen molar-refractivity contribution in [3.05, 3.63) is 28.3 Å². The molecule has 0 atom stereocenters. The Kier molecular flexibility index (Phi) is 6.31. The van der Waals surface area contributed by atoms with Gasteiger partial charge in [0.25, 0.3) is 5.91 Å². The molecular formula is C17H23ClN2O4. The second-order valence-corrected chi connectivity index (χ2v) is 6.04. The zero-order valence-corrected chi connectivity index (χ0v) is 15.1. The Labute approximate surface area is 147 Å². The average Bonchev–Trinajstić information content (AvgIpc) is 2.82. The van der Waals surface area contributed by atoms with Gasteiger partial charge in [-0.1, -0.05) is 11.6 Å². The number of ether oxygens (including phenoxy) is 2. The predicted molar refractivity (Wildman–Crippen MR) is 91.9 cm³/mol. The summed E-state index contributed by atoms with van der Waals surface area (Å²) < 4.78 is 10.4. The van der Waals surface area contributed by atoms with Crippen LogP contribution in [-0.4, -0.2) is 61.7 Å². The van der Waals surface area contributed by atoms with E-state index in [1.165, 1.54) is 7.11 Å². The molecular weight excluding hydrogens is 332 g/mol. The standard InChI is InChI=1S/C17H23ClN2O4/c1-4-24-17(22)20-7-5-6-19(8-9-20)16(21)13-11-14(18)12(2)10-15(13)23-3/h10-11H,4-9H2,1-3H3. The molecule has 0 spiro atoms. The summed E-state index contributed by atoms with van der Waals surface area (Å²) in [7, 11) is 1.53. The van der Waals surface area contributed by atoms with Gasteiger partial charge in [0.15, 0.2) is 0 Å². The first-order valence-electron chi connectivity index (χ1n) is 8.03. The van der Waals surface area contributed by atoms with Gasteiger partial charge in [0.1, 0.15) is 5.75 Å². The van der Waals surface area contributed by atoms with Crippen LogP contribution in [0.15, 0.2) is 12.1 Å². The quantitative estimate of drug-likeness (QED) is 0.837. The highest BCUT2D eigenvalue weighted by molar-refractivity contribution is 6.31. The molecule has 1 aliphatic rings. The number of hydrogen-bond acceptors (Lipinski definition) is 4. The molecule has 0 N–H and O–H groups in total. The molecule has 0 bridgehead atoms. The molecule has 0 saturated carbocycles. The van der Waals surface area contributed by atoms with Gasteiger partial charge < -0.3 is 19.3 Å². The van der Waals surface area contributed by atoms with E-state index in [-0.39, 0.29) is 12.0 Å². The van der Waals surface area contributed by atoms with Crippen molar-refractivity contribution < 1.29 is 19.1 Å². The molecule has 2 rings (SSSR count). The van der Waals surface area contributed by atoms with Crippen molar-refractivity contribution in [2.24, 2.45) is 0 Å². The van der Waals surface area contributed by atoms with Crippen molar-refractivity contribution in [3.63, 3.8) is 0 Å². The number of rotatable bonds is 3. The summed E-state index contributed by atoms with van der Waals surface area (Å²) in [6.07, 6.45) is 0.370. The lowest BCUT2D eigenvalue weighted by Gasteiger charge is -2.23. The summed E-state index contributed by atoms with van der Waals surface area (Å²) in [5.74, 6) is 0.368. The van der Waals surface area contributed by atoms with E-state index in [2.05, 4.69) is 0 Å². The SMILES string of the molecule is CCOC(=O)N1CCCN(C(=O)c2cc(Cl)c(C)cc2OC)CC1. The Hall–Kier alpha value is -1.95. The van der Waals surface area contributed by atoms with Crippen molar-refractivity contribution in [2.45, 2.75) is 20.3 Å². The second-order valence-electron chi connectivity index (χ2n) is 5.63. The summed E-state index contributed by atoms with van der Waals surface area (Å²) in [5, 5.41) is 0.530. The fraction of sp³-hybridized carbons (Fsp3) is 0.529. The van der Waals surface area contributed by atoms with Crippen molar-refractivity contribution in [1.82, 2.24) is 9.80 Å². The average molecular weight is 355 g/mol. The van der Waals surface area contributed by atoms with Gasteiger partial charge in [0.2, 0.25) is 0 Å². The van der Waals surface area contributed by atoms with Crippen LogP contribution in [0, 0.1) is 6.92 Å². The maximum atomic E-state index is 12.9. The van der Waals surface area contributed by atoms with Crippen LogP contribution in [0.25, 0.3) is 0 Å². The van der Waals surface area contributed by atoms with Gasteiger partial charge in [0.05, 0.1) is 19.3 Å². The van der Waals surface area contributed by atoms with Crippen LogP contribution < -0.4 is 4.74 Å². The molecule has 2 amide bonds. The highest BCUT2D eigenvalue weighted by atomic mass is 35.5. The molecule has 0 aromatic heterocycles. The normalized spacial score (nSPS) is 15.0. The third-order valence-corrected chi connectivity index (χ3v) is 4.43. The maximum Gasteiger partial charge on any atom is 0.409 e. The molecule has 1 fully saturated rings. The highest BCUT2D eigenvalue weighted by Gasteiger charge is 2.25. The van der Waals surface area contributed by atoms with E-state index >= 15 is 0 Å². The second kappa shape index (κ2) is 8.24. The van der Waals surface area contributed by atoms with Crippen molar-refractivity contribution in [3.8, 4) is 5.75 Å². The fourth-order valence-electron chi connectivity index (χ4n) is 2.68. The molecule has 0 radical (unpaired) electrons. The molecule has 1 aromatic rings. The minimum absolute atomic E-state index is 0.139. The molecule has 132 valence electrons. The van der Waals surface area contributed by atoms with Crippen molar-refractivity contribution in [2.75, 3.05) is 39.9 Å². The van der Waals surface area contributed by atoms with Crippen LogP contribution in [-0.2, 0) is 4.74 Å². The summed E-state index contributed by atoms with van der Waals surface area (Å²) in [5.41, 5.74) is 1.30. The minimum Gasteiger partial charge on any atom is -0.496 e. The van der Waals surface area contributed by atoms with E-state index in [1.54, 1.807) is 28.9 Å². The van der Waals surface area contributed by atoms with Crippen LogP contribution in [0.3, 0.4) is 0 Å². The molecule has 6 nitrogen and oxygen atoms in total. The summed E-state index contributed by atoms with van der Waals surface area (Å²) in [4.78, 5) is 28.1. The molecule has 7 heteroatoms. The number of carbonyl (C=O) groups excluding carboxylic acids is 2. The lowest BCUT2D eigenvalue weighted by Crippen LogP contribution is -2.37. The van der Waals surface area contributed by atoms with Crippen LogP contribution in [0.5, 0.6) is 5.75 Å². The monoisotopic (exact) mass is 354 g/mol. The summed E-state index contributed by atoms with van der Waals surface area (Å²) in [6, 6.07) is 3.41. The molecule has 1 aromatic carbocycles. The van der Waals surface area contributed by atoms with E-state index in [9.17, 15) is 9.59 Å². The maximum absolute atomic E-state index is 12.9. The van der Waals surface area contributed by atoms with Gasteiger partial charge in [-0.15, -0.1) is 0 Å². The zero-order chi connectivity index (χ0) is 17.7. The number of halogens is 1. The molecule has 24 heavy (non-hydrogen) atoms. The Morgan fingerprint density at radius 3 is 2.50 bits per heavy atom. The summed E-state index contributed by atoms with van der Waals surface area (Å²) in [6.45, 7) is 6.04. The Morgan fingerprint density at radius 2 is 1.83 bits per heavy atom. The van der Waals surface area contributed by atoms with E-state index in [4.69, 9.17) is 21.1 Å². The van der Waals surface area contributed by atoms with E-state index in [0.29, 0.717) is 55.5 Å². The van der Waals surface area contributed by atoms with Gasteiger partial charge in [-0.05, 0) is 38.0 Å². The topological polar surface area (TPSA) is 59.1 Å². The predicted octanol–water partition coefficient (Wildman–Crippen LogP) is 2.96. The number of hydrogen-bond donors (Lipinski definition) is 0. The lowest BCUT2D eigenvalue weighted by atomic mass is 10.1. The van der Waals surface area contributed by atoms with E-state index in [1.807, 2.05) is 6.92 Å². The number of carbonyl (C=O) groups is 2. The first kappa shape index (κ1) is 18.4. The first-order chi connectivity index (χ1) is 11.5. The fourth-order valence-corrected chi connectivity index (χ4v) is 2.84. The third kappa shape index (κ3) is 4.12. The van der Waals surface area contributed by atoms with Crippen LogP contribution in [0.1, 0.15) is 29.3 Å². The van der Waals surface area contributed by atoms with E-state index < -0.39 is 0 Å². The number of amides is 2. The van der Waals surface area contributed by atoms with Gasteiger partial charge in [-0.3, -0.25) is 4.79 Å². The van der Waals surface area contributed by atoms with Gasteiger partial charge in [0, 0.05) is 31.2 Å². The molecule has 1 saturated heterocycles. The van der Waals surface area contributed by atoms with Crippen LogP contribution in [0.2, 0.25) is 5.02 Å². The van der Waals surface area contributed by atoms with Crippen LogP contribution >= 0.6 is 11.6 Å². The number of benzene rings is 1. The highest BCUT2D eigenvalue weighted by Crippen LogP contribution is 2.28. The molecule has 1 aliphatic heterocycles. The van der Waals surface area contributed by atoms with Gasteiger partial charge in [-0.2, -0.15) is 0 Å². The number of aryl methyl sites for hydroxylation is 1. The smallest absolute Gasteiger partial charge is 0.409 e. The van der Waals surface area contributed by atoms with Gasteiger partial charge >= 0.3 is 6.09 Å². The Balaban J connectivity index is 2.13. The minimum atomic E-state index is -0.331. The first-order valence-corrected chi connectivity index (χ1v) is 8.40. The largest absolute Gasteiger partial charge is 0.496 e. The Morgan fingerprint density at radius 1 is 1.17 bits per heavy atom. The van der Waals surface area contributed by atoms with Crippen molar-refractivity contribution in [1.29, 1.82) is 0 Å². The molecule has 0 aliphatic carbocycles. The van der Waals surface area contributed by atoms with Crippen molar-refractivity contribution >= 4 is 23.6 Å². The van der Waals surface area contributed by atoms with Crippen LogP contribution in [0.4, 0.5) is 4.79 Å². The third-order valence-electron chi connectivity index (χ3n) is 4.02. The molecule has 0 unspecified atom stereocenters. The zero-order valence-electron chi connectivity index (χ0n) is 14.3. The lowest BCUT2D eigenvalue weighted by molar-refractivity contribution is 0.0750. The van der Waals surface area contributed by atoms with Gasteiger partial charge in [-0.25, -0.2) is 4.79 Å². The number of nitrogens with zero attached hydrogens (tertiary/aromatic N) is 2. The van der Waals surface area contributed by atoms with E-state index in [0.717, 1.165) is 5.56 Å².